The zero-order valence-electron chi connectivity index (χ0n) is 27.5. The summed E-state index contributed by atoms with van der Waals surface area (Å²) < 4.78 is 11.0. The van der Waals surface area contributed by atoms with Gasteiger partial charge in [0.2, 0.25) is 0 Å². The normalized spacial score (nSPS) is 13.1. The lowest BCUT2D eigenvalue weighted by Crippen LogP contribution is -2.27. The molecule has 0 aliphatic heterocycles. The molecule has 42 heavy (non-hydrogen) atoms. The third kappa shape index (κ3) is 32.6. The highest BCUT2D eigenvalue weighted by Gasteiger charge is 2.13. The van der Waals surface area contributed by atoms with Crippen molar-refractivity contribution in [1.82, 2.24) is 0 Å². The topological polar surface area (TPSA) is 55.8 Å². The van der Waals surface area contributed by atoms with Gasteiger partial charge >= 0.3 is 5.97 Å². The predicted molar refractivity (Wildman–Crippen MR) is 182 cm³/mol. The van der Waals surface area contributed by atoms with Crippen LogP contribution in [0.25, 0.3) is 0 Å². The number of hydrogen-bond donors (Lipinski definition) is 1. The van der Waals surface area contributed by atoms with E-state index in [0.717, 1.165) is 57.8 Å². The first-order valence-electron chi connectivity index (χ1n) is 17.4. The molecule has 4 nitrogen and oxygen atoms in total. The van der Waals surface area contributed by atoms with Crippen molar-refractivity contribution in [2.24, 2.45) is 0 Å². The van der Waals surface area contributed by atoms with Crippen LogP contribution in [0.2, 0.25) is 0 Å². The standard InChI is InChI=1S/C38H66O4/c1-3-5-7-9-11-12-13-14-15-16-17-18-19-20-21-22-23-24-25-26-27-29-31-33-38(40)42-37(35-39)36-41-34-32-30-28-10-8-6-4-2/h5,7,11-12,14-15,17-18,20-21,37,39H,3-4,6,8-10,13,16,19,22-36H2,1-2H3/b7-5-,12-11-,15-14-,18-17-,21-20-. The highest BCUT2D eigenvalue weighted by atomic mass is 16.6. The molecular formula is C38H66O4. The van der Waals surface area contributed by atoms with Gasteiger partial charge in [-0.3, -0.25) is 4.79 Å². The molecule has 1 unspecified atom stereocenters. The van der Waals surface area contributed by atoms with E-state index in [1.807, 2.05) is 0 Å². The van der Waals surface area contributed by atoms with Crippen molar-refractivity contribution in [2.75, 3.05) is 19.8 Å². The van der Waals surface area contributed by atoms with Gasteiger partial charge < -0.3 is 14.6 Å². The Morgan fingerprint density at radius 2 is 1.07 bits per heavy atom. The fraction of sp³-hybridized carbons (Fsp3) is 0.711. The van der Waals surface area contributed by atoms with Gasteiger partial charge in [0.1, 0.15) is 6.10 Å². The second-order valence-electron chi connectivity index (χ2n) is 11.2. The Hall–Kier alpha value is -1.91. The fourth-order valence-electron chi connectivity index (χ4n) is 4.53. The molecule has 0 aromatic carbocycles. The number of aliphatic hydroxyl groups excluding tert-OH is 1. The second-order valence-corrected chi connectivity index (χ2v) is 11.2. The molecule has 0 amide bonds. The first-order valence-corrected chi connectivity index (χ1v) is 17.4. The molecule has 0 saturated carbocycles. The Morgan fingerprint density at radius 1 is 0.595 bits per heavy atom. The summed E-state index contributed by atoms with van der Waals surface area (Å²) in [5.41, 5.74) is 0. The maximum absolute atomic E-state index is 12.1. The molecule has 0 heterocycles. The minimum atomic E-state index is -0.537. The van der Waals surface area contributed by atoms with Crippen molar-refractivity contribution in [2.45, 2.75) is 155 Å². The van der Waals surface area contributed by atoms with Crippen molar-refractivity contribution >= 4 is 5.97 Å². The molecule has 0 rings (SSSR count). The van der Waals surface area contributed by atoms with Crippen molar-refractivity contribution < 1.29 is 19.4 Å². The van der Waals surface area contributed by atoms with Gasteiger partial charge in [0, 0.05) is 13.0 Å². The van der Waals surface area contributed by atoms with Gasteiger partial charge in [0.25, 0.3) is 0 Å². The second kappa shape index (κ2) is 35.3. The van der Waals surface area contributed by atoms with Gasteiger partial charge in [-0.25, -0.2) is 0 Å². The number of carbonyl (C=O) groups is 1. The van der Waals surface area contributed by atoms with Crippen LogP contribution in [-0.4, -0.2) is 37.0 Å². The number of hydrogen-bond acceptors (Lipinski definition) is 4. The van der Waals surface area contributed by atoms with E-state index in [0.29, 0.717) is 13.0 Å². The summed E-state index contributed by atoms with van der Waals surface area (Å²) in [5, 5.41) is 9.49. The lowest BCUT2D eigenvalue weighted by atomic mass is 10.1. The number of allylic oxidation sites excluding steroid dienone is 10. The maximum Gasteiger partial charge on any atom is 0.306 e. The van der Waals surface area contributed by atoms with Gasteiger partial charge in [0.15, 0.2) is 0 Å². The minimum absolute atomic E-state index is 0.178. The number of carbonyl (C=O) groups excluding carboxylic acids is 1. The van der Waals surface area contributed by atoms with Gasteiger partial charge in [0.05, 0.1) is 13.2 Å². The summed E-state index contributed by atoms with van der Waals surface area (Å²) in [7, 11) is 0. The van der Waals surface area contributed by atoms with E-state index < -0.39 is 6.10 Å². The van der Waals surface area contributed by atoms with Crippen LogP contribution in [0.1, 0.15) is 149 Å². The van der Waals surface area contributed by atoms with Crippen LogP contribution in [0.4, 0.5) is 0 Å². The van der Waals surface area contributed by atoms with Crippen LogP contribution >= 0.6 is 0 Å². The average Bonchev–Trinajstić information content (AvgIpc) is 3.00. The van der Waals surface area contributed by atoms with E-state index in [9.17, 15) is 9.90 Å². The summed E-state index contributed by atoms with van der Waals surface area (Å²) in [6.07, 6.45) is 45.5. The fourth-order valence-corrected chi connectivity index (χ4v) is 4.53. The van der Waals surface area contributed by atoms with Crippen molar-refractivity contribution in [1.29, 1.82) is 0 Å². The summed E-state index contributed by atoms with van der Waals surface area (Å²) in [5.74, 6) is -0.217. The summed E-state index contributed by atoms with van der Waals surface area (Å²) in [6.45, 7) is 5.18. The number of aliphatic hydroxyl groups is 1. The minimum Gasteiger partial charge on any atom is -0.457 e. The number of ether oxygens (including phenoxy) is 2. The van der Waals surface area contributed by atoms with E-state index in [-0.39, 0.29) is 19.2 Å². The van der Waals surface area contributed by atoms with E-state index >= 15 is 0 Å². The quantitative estimate of drug-likeness (QED) is 0.0499. The van der Waals surface area contributed by atoms with Crippen LogP contribution in [-0.2, 0) is 14.3 Å². The van der Waals surface area contributed by atoms with Gasteiger partial charge in [-0.05, 0) is 57.8 Å². The molecule has 0 aliphatic rings. The van der Waals surface area contributed by atoms with E-state index in [1.54, 1.807) is 0 Å². The lowest BCUT2D eigenvalue weighted by Gasteiger charge is -2.15. The summed E-state index contributed by atoms with van der Waals surface area (Å²) in [6, 6.07) is 0. The maximum atomic E-state index is 12.1. The Kier molecular flexibility index (Phi) is 33.7. The summed E-state index contributed by atoms with van der Waals surface area (Å²) in [4.78, 5) is 12.1. The predicted octanol–water partition coefficient (Wildman–Crippen LogP) is 10.9. The Bertz CT molecular complexity index is 704. The summed E-state index contributed by atoms with van der Waals surface area (Å²) >= 11 is 0. The average molecular weight is 587 g/mol. The molecule has 0 bridgehead atoms. The Labute approximate surface area is 260 Å². The van der Waals surface area contributed by atoms with Crippen molar-refractivity contribution in [3.8, 4) is 0 Å². The van der Waals surface area contributed by atoms with E-state index in [2.05, 4.69) is 74.6 Å². The largest absolute Gasteiger partial charge is 0.457 e. The van der Waals surface area contributed by atoms with Crippen molar-refractivity contribution in [3.05, 3.63) is 60.8 Å². The van der Waals surface area contributed by atoms with E-state index in [1.165, 1.54) is 70.6 Å². The molecule has 0 aliphatic carbocycles. The molecule has 0 fully saturated rings. The molecule has 0 radical (unpaired) electrons. The smallest absolute Gasteiger partial charge is 0.306 e. The first-order chi connectivity index (χ1) is 20.7. The SMILES string of the molecule is CC/C=C\C/C=C\C/C=C\C/C=C\C/C=C\CCCCCCCCCC(=O)OC(CO)COCCCCCCCCC. The number of esters is 1. The monoisotopic (exact) mass is 586 g/mol. The highest BCUT2D eigenvalue weighted by Crippen LogP contribution is 2.11. The number of unbranched alkanes of at least 4 members (excludes halogenated alkanes) is 13. The third-order valence-electron chi connectivity index (χ3n) is 7.11. The molecule has 0 aromatic heterocycles. The van der Waals surface area contributed by atoms with Gasteiger partial charge in [-0.1, -0.05) is 145 Å². The molecule has 0 aromatic rings. The molecule has 0 spiro atoms. The lowest BCUT2D eigenvalue weighted by molar-refractivity contribution is -0.154. The molecule has 242 valence electrons. The molecule has 1 atom stereocenters. The van der Waals surface area contributed by atoms with Gasteiger partial charge in [-0.15, -0.1) is 0 Å². The Balaban J connectivity index is 3.51. The van der Waals surface area contributed by atoms with Crippen LogP contribution in [0.3, 0.4) is 0 Å². The van der Waals surface area contributed by atoms with Crippen LogP contribution in [0.15, 0.2) is 60.8 Å². The van der Waals surface area contributed by atoms with Crippen LogP contribution in [0.5, 0.6) is 0 Å². The molecular weight excluding hydrogens is 520 g/mol. The number of rotatable bonds is 31. The third-order valence-corrected chi connectivity index (χ3v) is 7.11. The molecule has 1 N–H and O–H groups in total. The van der Waals surface area contributed by atoms with E-state index in [4.69, 9.17) is 9.47 Å². The molecule has 0 saturated heterocycles. The van der Waals surface area contributed by atoms with Crippen LogP contribution < -0.4 is 0 Å². The Morgan fingerprint density at radius 3 is 1.62 bits per heavy atom. The van der Waals surface area contributed by atoms with Crippen molar-refractivity contribution in [3.63, 3.8) is 0 Å². The zero-order valence-corrected chi connectivity index (χ0v) is 27.5. The highest BCUT2D eigenvalue weighted by molar-refractivity contribution is 5.69. The van der Waals surface area contributed by atoms with Gasteiger partial charge in [-0.2, -0.15) is 0 Å². The zero-order chi connectivity index (χ0) is 30.6. The van der Waals surface area contributed by atoms with Crippen LogP contribution in [0, 0.1) is 0 Å². The first kappa shape index (κ1) is 40.1. The molecule has 4 heteroatoms.